The highest BCUT2D eigenvalue weighted by Gasteiger charge is 2.35. The fraction of sp³-hybridized carbons (Fsp3) is 0.412. The molecule has 1 aromatic rings. The largest absolute Gasteiger partial charge is 0.466 e. The Morgan fingerprint density at radius 3 is 2.78 bits per heavy atom. The van der Waals surface area contributed by atoms with Crippen molar-refractivity contribution in [3.8, 4) is 0 Å². The minimum absolute atomic E-state index is 0.147. The quantitative estimate of drug-likeness (QED) is 0.772. The van der Waals surface area contributed by atoms with E-state index < -0.39 is 5.97 Å². The van der Waals surface area contributed by atoms with Crippen LogP contribution in [0.25, 0.3) is 0 Å². The summed E-state index contributed by atoms with van der Waals surface area (Å²) in [6.45, 7) is 0.195. The van der Waals surface area contributed by atoms with E-state index in [1.165, 1.54) is 12.0 Å². The highest BCUT2D eigenvalue weighted by Crippen LogP contribution is 2.43. The Hall–Kier alpha value is -2.34. The molecule has 0 unspecified atom stereocenters. The van der Waals surface area contributed by atoms with Crippen LogP contribution in [0.1, 0.15) is 24.3 Å². The third-order valence-corrected chi connectivity index (χ3v) is 4.19. The lowest BCUT2D eigenvalue weighted by Gasteiger charge is -2.16. The number of aliphatic hydroxyl groups excluding tert-OH is 1. The first-order valence-electron chi connectivity index (χ1n) is 7.73. The molecule has 6 nitrogen and oxygen atoms in total. The Bertz CT molecular complexity index is 664. The summed E-state index contributed by atoms with van der Waals surface area (Å²) in [5.74, 6) is -0.291. The van der Waals surface area contributed by atoms with E-state index in [1.54, 1.807) is 0 Å². The summed E-state index contributed by atoms with van der Waals surface area (Å²) >= 11 is 0. The van der Waals surface area contributed by atoms with Crippen LogP contribution >= 0.6 is 0 Å². The first-order chi connectivity index (χ1) is 11.2. The van der Waals surface area contributed by atoms with Gasteiger partial charge >= 0.3 is 5.97 Å². The van der Waals surface area contributed by atoms with Gasteiger partial charge in [0.2, 0.25) is 0 Å². The molecular weight excluding hydrogens is 296 g/mol. The monoisotopic (exact) mass is 316 g/mol. The number of ether oxygens (including phenoxy) is 1. The molecule has 1 aromatic carbocycles. The molecule has 2 N–H and O–H groups in total. The van der Waals surface area contributed by atoms with Crippen molar-refractivity contribution in [2.45, 2.75) is 18.8 Å². The fourth-order valence-electron chi connectivity index (χ4n) is 2.84. The number of β-amino-alcohol motifs (C(OH)–C–C–N with tert-alkyl or cyclic N) is 1. The van der Waals surface area contributed by atoms with Crippen molar-refractivity contribution >= 4 is 17.6 Å². The van der Waals surface area contributed by atoms with Gasteiger partial charge in [-0.2, -0.15) is 0 Å². The number of nitrogens with one attached hydrogen (secondary N) is 1. The highest BCUT2D eigenvalue weighted by atomic mass is 16.5. The molecule has 0 radical (unpaired) electrons. The number of carbonyl (C=O) groups excluding carboxylic acids is 2. The first kappa shape index (κ1) is 15.6. The number of aliphatic hydroxyl groups is 1. The minimum atomic E-state index is -0.523. The first-order valence-corrected chi connectivity index (χ1v) is 7.73. The van der Waals surface area contributed by atoms with Crippen molar-refractivity contribution in [3.63, 3.8) is 0 Å². The third kappa shape index (κ3) is 3.07. The minimum Gasteiger partial charge on any atom is -0.466 e. The van der Waals surface area contributed by atoms with E-state index in [4.69, 9.17) is 9.84 Å². The predicted octanol–water partition coefficient (Wildman–Crippen LogP) is 1.24. The Morgan fingerprint density at radius 1 is 1.39 bits per heavy atom. The smallest absolute Gasteiger partial charge is 0.337 e. The molecule has 0 spiro atoms. The normalized spacial score (nSPS) is 17.7. The van der Waals surface area contributed by atoms with Crippen LogP contribution in [0.5, 0.6) is 0 Å². The zero-order valence-electron chi connectivity index (χ0n) is 13.0. The number of para-hydroxylation sites is 1. The maximum absolute atomic E-state index is 12.5. The van der Waals surface area contributed by atoms with Gasteiger partial charge < -0.3 is 20.1 Å². The standard InChI is InChI=1S/C17H20N2O4/c1-23-17(22)13-10-19(8-9-20)16(21)15(13)18-14-5-3-2-4-12(14)11-6-7-11/h2-5,11,18,20H,6-10H2,1H3. The molecule has 3 rings (SSSR count). The van der Waals surface area contributed by atoms with Crippen LogP contribution in [0.3, 0.4) is 0 Å². The van der Waals surface area contributed by atoms with Gasteiger partial charge in [-0.15, -0.1) is 0 Å². The van der Waals surface area contributed by atoms with Gasteiger partial charge in [-0.1, -0.05) is 18.2 Å². The van der Waals surface area contributed by atoms with Crippen molar-refractivity contribution < 1.29 is 19.4 Å². The van der Waals surface area contributed by atoms with Crippen LogP contribution in [0, 0.1) is 0 Å². The van der Waals surface area contributed by atoms with Crippen LogP contribution in [0.2, 0.25) is 0 Å². The lowest BCUT2D eigenvalue weighted by Crippen LogP contribution is -2.31. The highest BCUT2D eigenvalue weighted by molar-refractivity contribution is 6.08. The maximum atomic E-state index is 12.5. The number of carbonyl (C=O) groups is 2. The number of esters is 1. The number of benzene rings is 1. The second-order valence-electron chi connectivity index (χ2n) is 5.78. The SMILES string of the molecule is COC(=O)C1=C(Nc2ccccc2C2CC2)C(=O)N(CCO)C1. The summed E-state index contributed by atoms with van der Waals surface area (Å²) in [5, 5.41) is 12.2. The van der Waals surface area contributed by atoms with Crippen molar-refractivity contribution in [1.82, 2.24) is 4.90 Å². The van der Waals surface area contributed by atoms with Gasteiger partial charge in [0.1, 0.15) is 5.70 Å². The molecule has 1 aliphatic heterocycles. The molecular formula is C17H20N2O4. The van der Waals surface area contributed by atoms with Gasteiger partial charge in [0.05, 0.1) is 25.8 Å². The van der Waals surface area contributed by atoms with Gasteiger partial charge in [0.15, 0.2) is 0 Å². The van der Waals surface area contributed by atoms with Crippen molar-refractivity contribution in [2.75, 3.05) is 32.1 Å². The summed E-state index contributed by atoms with van der Waals surface area (Å²) in [7, 11) is 1.30. The predicted molar refractivity (Wildman–Crippen MR) is 84.7 cm³/mol. The Balaban J connectivity index is 1.91. The summed E-state index contributed by atoms with van der Waals surface area (Å²) in [6.07, 6.45) is 2.29. The van der Waals surface area contributed by atoms with Gasteiger partial charge in [-0.25, -0.2) is 4.79 Å². The molecule has 0 aromatic heterocycles. The van der Waals surface area contributed by atoms with Crippen molar-refractivity contribution in [3.05, 3.63) is 41.1 Å². The molecule has 2 aliphatic rings. The third-order valence-electron chi connectivity index (χ3n) is 4.19. The summed E-state index contributed by atoms with van der Waals surface area (Å²) in [5.41, 5.74) is 2.57. The fourth-order valence-corrected chi connectivity index (χ4v) is 2.84. The van der Waals surface area contributed by atoms with E-state index in [0.717, 1.165) is 24.1 Å². The second-order valence-corrected chi connectivity index (χ2v) is 5.78. The van der Waals surface area contributed by atoms with Crippen molar-refractivity contribution in [1.29, 1.82) is 0 Å². The number of methoxy groups -OCH3 is 1. The number of amides is 1. The van der Waals surface area contributed by atoms with Crippen LogP contribution in [0.15, 0.2) is 35.5 Å². The average Bonchev–Trinajstić information content (AvgIpc) is 3.36. The molecule has 0 bridgehead atoms. The lowest BCUT2D eigenvalue weighted by atomic mass is 10.1. The van der Waals surface area contributed by atoms with Crippen LogP contribution in [0.4, 0.5) is 5.69 Å². The number of rotatable bonds is 6. The lowest BCUT2D eigenvalue weighted by molar-refractivity contribution is -0.136. The summed E-state index contributed by atoms with van der Waals surface area (Å²) in [4.78, 5) is 25.9. The summed E-state index contributed by atoms with van der Waals surface area (Å²) < 4.78 is 4.79. The molecule has 1 fully saturated rings. The van der Waals surface area contributed by atoms with Gasteiger partial charge in [0.25, 0.3) is 5.91 Å². The number of hydrogen-bond donors (Lipinski definition) is 2. The second kappa shape index (κ2) is 6.42. The number of anilines is 1. The van der Waals surface area contributed by atoms with E-state index in [0.29, 0.717) is 11.5 Å². The molecule has 122 valence electrons. The maximum Gasteiger partial charge on any atom is 0.337 e. The Labute approximate surface area is 134 Å². The summed E-state index contributed by atoms with van der Waals surface area (Å²) in [6, 6.07) is 7.83. The number of hydrogen-bond acceptors (Lipinski definition) is 5. The molecule has 1 amide bonds. The van der Waals surface area contributed by atoms with Gasteiger partial charge in [0, 0.05) is 12.2 Å². The molecule has 6 heteroatoms. The van der Waals surface area contributed by atoms with Crippen LogP contribution in [-0.2, 0) is 14.3 Å². The van der Waals surface area contributed by atoms with Gasteiger partial charge in [-0.05, 0) is 30.4 Å². The molecule has 0 atom stereocenters. The molecule has 1 heterocycles. The molecule has 1 saturated carbocycles. The van der Waals surface area contributed by atoms with Gasteiger partial charge in [-0.3, -0.25) is 4.79 Å². The molecule has 23 heavy (non-hydrogen) atoms. The van der Waals surface area contributed by atoms with E-state index in [9.17, 15) is 9.59 Å². The van der Waals surface area contributed by atoms with Crippen molar-refractivity contribution in [2.24, 2.45) is 0 Å². The van der Waals surface area contributed by atoms with E-state index in [1.807, 2.05) is 24.3 Å². The van der Waals surface area contributed by atoms with Crippen LogP contribution < -0.4 is 5.32 Å². The Kier molecular flexibility index (Phi) is 4.34. The Morgan fingerprint density at radius 2 is 2.13 bits per heavy atom. The molecule has 1 aliphatic carbocycles. The average molecular weight is 316 g/mol. The number of nitrogens with zero attached hydrogens (tertiary/aromatic N) is 1. The van der Waals surface area contributed by atoms with E-state index in [2.05, 4.69) is 5.32 Å². The molecule has 0 saturated heterocycles. The zero-order chi connectivity index (χ0) is 16.4. The zero-order valence-corrected chi connectivity index (χ0v) is 13.0. The van der Waals surface area contributed by atoms with E-state index in [-0.39, 0.29) is 31.3 Å². The van der Waals surface area contributed by atoms with E-state index >= 15 is 0 Å². The van der Waals surface area contributed by atoms with Crippen LogP contribution in [-0.4, -0.2) is 48.7 Å². The topological polar surface area (TPSA) is 78.9 Å².